The van der Waals surface area contributed by atoms with Crippen LogP contribution in [0.4, 0.5) is 0 Å². The molecule has 0 fully saturated rings. The Bertz CT molecular complexity index is 272. The van der Waals surface area contributed by atoms with Crippen molar-refractivity contribution in [3.63, 3.8) is 0 Å². The number of hydrogen-bond donors (Lipinski definition) is 0. The minimum absolute atomic E-state index is 0.0912. The van der Waals surface area contributed by atoms with Gasteiger partial charge in [0, 0.05) is 10.5 Å². The second kappa shape index (κ2) is 3.45. The Labute approximate surface area is 74.6 Å². The third-order valence-electron chi connectivity index (χ3n) is 1.72. The van der Waals surface area contributed by atoms with Crippen molar-refractivity contribution in [2.75, 3.05) is 0 Å². The highest BCUT2D eigenvalue weighted by molar-refractivity contribution is 7.55. The molecule has 1 nitrogen and oxygen atoms in total. The molecule has 0 saturated carbocycles. The second-order valence-corrected chi connectivity index (χ2v) is 6.68. The van der Waals surface area contributed by atoms with Gasteiger partial charge in [-0.3, -0.25) is 0 Å². The topological polar surface area (TPSA) is 17.1 Å². The van der Waals surface area contributed by atoms with Gasteiger partial charge in [-0.25, -0.2) is 0 Å². The molecule has 0 aliphatic rings. The first-order chi connectivity index (χ1) is 5.52. The van der Waals surface area contributed by atoms with Crippen molar-refractivity contribution in [3.05, 3.63) is 30.3 Å². The smallest absolute Gasteiger partial charge is 0.109 e. The lowest BCUT2D eigenvalue weighted by molar-refractivity contribution is 0.572. The lowest BCUT2D eigenvalue weighted by Gasteiger charge is -2.17. The fourth-order valence-corrected chi connectivity index (χ4v) is 2.38. The van der Waals surface area contributed by atoms with Crippen molar-refractivity contribution in [2.45, 2.75) is 25.9 Å². The Morgan fingerprint density at radius 1 is 1.08 bits per heavy atom. The van der Waals surface area contributed by atoms with E-state index in [1.54, 1.807) is 0 Å². The molecule has 66 valence electrons. The molecule has 0 radical (unpaired) electrons. The van der Waals surface area contributed by atoms with Gasteiger partial charge in [-0.05, 0) is 0 Å². The lowest BCUT2D eigenvalue weighted by Crippen LogP contribution is -2.13. The van der Waals surface area contributed by atoms with Crippen LogP contribution in [0.3, 0.4) is 0 Å². The van der Waals surface area contributed by atoms with E-state index in [0.717, 1.165) is 5.30 Å². The summed E-state index contributed by atoms with van der Waals surface area (Å²) in [5.74, 6) is 0. The van der Waals surface area contributed by atoms with Gasteiger partial charge in [0.2, 0.25) is 0 Å². The molecule has 2 heteroatoms. The van der Waals surface area contributed by atoms with E-state index in [1.165, 1.54) is 0 Å². The molecule has 0 unspecified atom stereocenters. The predicted molar refractivity (Wildman–Crippen MR) is 54.8 cm³/mol. The first kappa shape index (κ1) is 9.54. The number of rotatable bonds is 1. The molecule has 0 amide bonds. The second-order valence-electron chi connectivity index (χ2n) is 3.95. The molecule has 0 aromatic heterocycles. The summed E-state index contributed by atoms with van der Waals surface area (Å²) >= 11 is 0. The first-order valence-corrected chi connectivity index (χ1v) is 5.52. The molecule has 1 atom stereocenters. The van der Waals surface area contributed by atoms with Crippen LogP contribution in [-0.4, -0.2) is 5.16 Å². The summed E-state index contributed by atoms with van der Waals surface area (Å²) in [5.41, 5.74) is 0. The van der Waals surface area contributed by atoms with Crippen LogP contribution in [-0.2, 0) is 4.57 Å². The fourth-order valence-electron chi connectivity index (χ4n) is 1.02. The average Bonchev–Trinajstić information content (AvgIpc) is 2.03. The number of benzene rings is 1. The molecule has 0 spiro atoms. The summed E-state index contributed by atoms with van der Waals surface area (Å²) in [6, 6.07) is 9.69. The molecule has 0 bridgehead atoms. The maximum absolute atomic E-state index is 11.9. The Kier molecular flexibility index (Phi) is 2.74. The van der Waals surface area contributed by atoms with Crippen LogP contribution in [0.15, 0.2) is 30.3 Å². The highest BCUT2D eigenvalue weighted by Gasteiger charge is 2.20. The van der Waals surface area contributed by atoms with Gasteiger partial charge in [0.05, 0.1) is 0 Å². The van der Waals surface area contributed by atoms with Crippen molar-refractivity contribution in [1.82, 2.24) is 0 Å². The van der Waals surface area contributed by atoms with E-state index < -0.39 is 7.80 Å². The third kappa shape index (κ3) is 2.22. The Hall–Kier alpha value is -0.550. The fraction of sp³-hybridized carbons (Fsp3) is 0.400. The van der Waals surface area contributed by atoms with E-state index in [-0.39, 0.29) is 5.16 Å². The number of hydrogen-bond acceptors (Lipinski definition) is 1. The van der Waals surface area contributed by atoms with Gasteiger partial charge in [-0.15, -0.1) is 0 Å². The van der Waals surface area contributed by atoms with Gasteiger partial charge in [0.25, 0.3) is 0 Å². The molecule has 0 aliphatic carbocycles. The molecule has 12 heavy (non-hydrogen) atoms. The van der Waals surface area contributed by atoms with E-state index >= 15 is 0 Å². The lowest BCUT2D eigenvalue weighted by atomic mass is 10.3. The van der Waals surface area contributed by atoms with E-state index in [0.29, 0.717) is 0 Å². The normalized spacial score (nSPS) is 14.2. The van der Waals surface area contributed by atoms with Gasteiger partial charge in [0.1, 0.15) is 7.80 Å². The highest BCUT2D eigenvalue weighted by atomic mass is 31.1. The SMILES string of the molecule is CC(C)(C)[P@H](=O)c1ccccc1. The molecule has 0 N–H and O–H groups in total. The monoisotopic (exact) mass is 182 g/mol. The van der Waals surface area contributed by atoms with Gasteiger partial charge in [-0.1, -0.05) is 51.1 Å². The summed E-state index contributed by atoms with van der Waals surface area (Å²) in [7, 11) is -1.63. The van der Waals surface area contributed by atoms with E-state index in [4.69, 9.17) is 0 Å². The van der Waals surface area contributed by atoms with Gasteiger partial charge in [-0.2, -0.15) is 0 Å². The predicted octanol–water partition coefficient (Wildman–Crippen LogP) is 2.67. The van der Waals surface area contributed by atoms with Gasteiger partial charge in [0.15, 0.2) is 0 Å². The van der Waals surface area contributed by atoms with Crippen LogP contribution < -0.4 is 5.30 Å². The minimum Gasteiger partial charge on any atom is -0.321 e. The summed E-state index contributed by atoms with van der Waals surface area (Å²) in [6.07, 6.45) is 0. The zero-order chi connectivity index (χ0) is 9.19. The molecule has 1 aromatic rings. The quantitative estimate of drug-likeness (QED) is 0.610. The zero-order valence-corrected chi connectivity index (χ0v) is 8.79. The maximum atomic E-state index is 11.9. The van der Waals surface area contributed by atoms with Crippen LogP contribution in [0.25, 0.3) is 0 Å². The van der Waals surface area contributed by atoms with E-state index in [1.807, 2.05) is 51.1 Å². The molecular weight excluding hydrogens is 167 g/mol. The van der Waals surface area contributed by atoms with Crippen molar-refractivity contribution < 1.29 is 4.57 Å². The summed E-state index contributed by atoms with van der Waals surface area (Å²) in [5, 5.41) is 0.890. The van der Waals surface area contributed by atoms with Crippen molar-refractivity contribution in [2.24, 2.45) is 0 Å². The van der Waals surface area contributed by atoms with Crippen molar-refractivity contribution in [1.29, 1.82) is 0 Å². The Morgan fingerprint density at radius 2 is 1.58 bits per heavy atom. The molecule has 0 saturated heterocycles. The molecule has 1 aromatic carbocycles. The standard InChI is InChI=1S/C10H15OP/c1-10(2,3)12(11)9-7-5-4-6-8-9/h4-8,12H,1-3H3. The molecule has 0 aliphatic heterocycles. The Morgan fingerprint density at radius 3 is 2.00 bits per heavy atom. The van der Waals surface area contributed by atoms with Gasteiger partial charge >= 0.3 is 0 Å². The minimum atomic E-state index is -1.63. The third-order valence-corrected chi connectivity index (χ3v) is 3.94. The maximum Gasteiger partial charge on any atom is 0.109 e. The molecule has 0 heterocycles. The van der Waals surface area contributed by atoms with E-state index in [2.05, 4.69) is 0 Å². The first-order valence-electron chi connectivity index (χ1n) is 4.11. The average molecular weight is 182 g/mol. The largest absolute Gasteiger partial charge is 0.321 e. The Balaban J connectivity index is 2.94. The van der Waals surface area contributed by atoms with Crippen LogP contribution in [0, 0.1) is 0 Å². The summed E-state index contributed by atoms with van der Waals surface area (Å²) < 4.78 is 11.9. The van der Waals surface area contributed by atoms with Crippen LogP contribution in [0.5, 0.6) is 0 Å². The summed E-state index contributed by atoms with van der Waals surface area (Å²) in [4.78, 5) is 0. The molecule has 1 rings (SSSR count). The zero-order valence-electron chi connectivity index (χ0n) is 7.79. The van der Waals surface area contributed by atoms with Crippen LogP contribution in [0.1, 0.15) is 20.8 Å². The van der Waals surface area contributed by atoms with Crippen LogP contribution in [0.2, 0.25) is 0 Å². The van der Waals surface area contributed by atoms with Gasteiger partial charge < -0.3 is 4.57 Å². The highest BCUT2D eigenvalue weighted by Crippen LogP contribution is 2.36. The van der Waals surface area contributed by atoms with Crippen molar-refractivity contribution >= 4 is 13.1 Å². The van der Waals surface area contributed by atoms with Crippen molar-refractivity contribution in [3.8, 4) is 0 Å². The van der Waals surface area contributed by atoms with E-state index in [9.17, 15) is 4.57 Å². The molecular formula is C10H15OP. The van der Waals surface area contributed by atoms with Crippen LogP contribution >= 0.6 is 7.80 Å². The summed E-state index contributed by atoms with van der Waals surface area (Å²) in [6.45, 7) is 6.05.